The molecule has 2 saturated heterocycles. The number of nitrogens with zero attached hydrogens (tertiary/aromatic N) is 1. The number of rotatable bonds is 6. The molecule has 1 amide bonds. The summed E-state index contributed by atoms with van der Waals surface area (Å²) >= 11 is 0. The average molecular weight is 375 g/mol. The number of fused-ring (bicyclic) bond motifs is 1. The number of carbonyl (C=O) groups excluding carboxylic acids is 1. The van der Waals surface area contributed by atoms with Gasteiger partial charge in [-0.3, -0.25) is 4.79 Å². The highest BCUT2D eigenvalue weighted by Gasteiger charge is 2.31. The van der Waals surface area contributed by atoms with Crippen molar-refractivity contribution in [3.8, 4) is 11.5 Å². The van der Waals surface area contributed by atoms with Crippen LogP contribution >= 0.6 is 0 Å². The molecule has 0 spiro atoms. The van der Waals surface area contributed by atoms with Crippen LogP contribution in [0.15, 0.2) is 18.2 Å². The Morgan fingerprint density at radius 2 is 2.04 bits per heavy atom. The molecule has 1 aromatic rings. The lowest BCUT2D eigenvalue weighted by Gasteiger charge is -2.30. The molecule has 3 heterocycles. The Hall–Kier alpha value is -1.83. The van der Waals surface area contributed by atoms with Crippen LogP contribution in [0, 0.1) is 5.92 Å². The summed E-state index contributed by atoms with van der Waals surface area (Å²) in [6, 6.07) is 5.18. The zero-order valence-corrected chi connectivity index (χ0v) is 15.7. The first-order valence-electron chi connectivity index (χ1n) is 10.0. The highest BCUT2D eigenvalue weighted by atomic mass is 16.6. The molecule has 7 nitrogen and oxygen atoms in total. The topological polar surface area (TPSA) is 83.1 Å². The smallest absolute Gasteiger partial charge is 0.224 e. The molecule has 3 aliphatic heterocycles. The van der Waals surface area contributed by atoms with Crippen LogP contribution in [-0.4, -0.2) is 67.9 Å². The second-order valence-corrected chi connectivity index (χ2v) is 7.66. The second kappa shape index (κ2) is 8.46. The number of likely N-dealkylation sites (tertiary alicyclic amines) is 1. The predicted octanol–water partition coefficient (Wildman–Crippen LogP) is 0.681. The summed E-state index contributed by atoms with van der Waals surface area (Å²) in [4.78, 5) is 15.0. The minimum atomic E-state index is -0.792. The predicted molar refractivity (Wildman–Crippen MR) is 101 cm³/mol. The summed E-state index contributed by atoms with van der Waals surface area (Å²) in [5.41, 5.74) is 0.744. The third kappa shape index (κ3) is 4.36. The van der Waals surface area contributed by atoms with Gasteiger partial charge in [-0.1, -0.05) is 6.07 Å². The van der Waals surface area contributed by atoms with Gasteiger partial charge in [-0.15, -0.1) is 0 Å². The molecule has 0 bridgehead atoms. The summed E-state index contributed by atoms with van der Waals surface area (Å²) in [7, 11) is 0. The fraction of sp³-hybridized carbons (Fsp3) is 0.650. The van der Waals surface area contributed by atoms with Gasteiger partial charge in [0, 0.05) is 13.1 Å². The van der Waals surface area contributed by atoms with Crippen LogP contribution in [0.2, 0.25) is 0 Å². The number of nitrogens with one attached hydrogen (secondary N) is 2. The van der Waals surface area contributed by atoms with E-state index in [2.05, 4.69) is 15.5 Å². The van der Waals surface area contributed by atoms with Crippen molar-refractivity contribution in [2.24, 2.45) is 5.92 Å². The van der Waals surface area contributed by atoms with Crippen molar-refractivity contribution < 1.29 is 19.4 Å². The zero-order chi connectivity index (χ0) is 18.6. The Bertz CT molecular complexity index is 657. The van der Waals surface area contributed by atoms with Crippen molar-refractivity contribution in [3.05, 3.63) is 23.8 Å². The molecule has 0 saturated carbocycles. The molecule has 3 aliphatic rings. The number of carbonyl (C=O) groups is 1. The first kappa shape index (κ1) is 18.5. The van der Waals surface area contributed by atoms with Crippen LogP contribution in [0.4, 0.5) is 0 Å². The Morgan fingerprint density at radius 1 is 1.26 bits per heavy atom. The van der Waals surface area contributed by atoms with Crippen LogP contribution in [0.1, 0.15) is 30.9 Å². The molecule has 27 heavy (non-hydrogen) atoms. The highest BCUT2D eigenvalue weighted by molar-refractivity contribution is 5.79. The number of benzene rings is 1. The van der Waals surface area contributed by atoms with Crippen molar-refractivity contribution in [2.75, 3.05) is 45.9 Å². The second-order valence-electron chi connectivity index (χ2n) is 7.66. The summed E-state index contributed by atoms with van der Waals surface area (Å²) in [5.74, 6) is 1.37. The summed E-state index contributed by atoms with van der Waals surface area (Å²) in [6.45, 7) is 5.33. The molecule has 148 valence electrons. The van der Waals surface area contributed by atoms with Crippen LogP contribution in [0.25, 0.3) is 0 Å². The third-order valence-corrected chi connectivity index (χ3v) is 5.70. The lowest BCUT2D eigenvalue weighted by atomic mass is 9.99. The number of hydrogen-bond donors (Lipinski definition) is 3. The van der Waals surface area contributed by atoms with Gasteiger partial charge in [0.1, 0.15) is 19.3 Å². The maximum atomic E-state index is 12.7. The van der Waals surface area contributed by atoms with Crippen LogP contribution in [-0.2, 0) is 4.79 Å². The minimum absolute atomic E-state index is 0.0152. The number of hydrogen-bond acceptors (Lipinski definition) is 6. The number of aliphatic hydroxyl groups is 1. The molecule has 0 aliphatic carbocycles. The lowest BCUT2D eigenvalue weighted by Crippen LogP contribution is -2.48. The van der Waals surface area contributed by atoms with E-state index in [0.717, 1.165) is 31.6 Å². The van der Waals surface area contributed by atoms with E-state index in [4.69, 9.17) is 9.47 Å². The normalized spacial score (nSPS) is 24.6. The first-order chi connectivity index (χ1) is 13.2. The van der Waals surface area contributed by atoms with Crippen LogP contribution in [0.5, 0.6) is 11.5 Å². The fourth-order valence-corrected chi connectivity index (χ4v) is 4.12. The van der Waals surface area contributed by atoms with Gasteiger partial charge in [-0.05, 0) is 56.6 Å². The van der Waals surface area contributed by atoms with Gasteiger partial charge >= 0.3 is 0 Å². The maximum absolute atomic E-state index is 12.7. The van der Waals surface area contributed by atoms with E-state index >= 15 is 0 Å². The van der Waals surface area contributed by atoms with E-state index in [9.17, 15) is 9.90 Å². The molecule has 0 radical (unpaired) electrons. The van der Waals surface area contributed by atoms with Gasteiger partial charge in [0.2, 0.25) is 5.91 Å². The molecule has 1 aromatic carbocycles. The van der Waals surface area contributed by atoms with E-state index in [1.54, 1.807) is 0 Å². The number of aliphatic hydroxyl groups excluding tert-OH is 1. The van der Waals surface area contributed by atoms with Gasteiger partial charge < -0.3 is 30.1 Å². The van der Waals surface area contributed by atoms with Gasteiger partial charge in [-0.25, -0.2) is 0 Å². The molecular weight excluding hydrogens is 346 g/mol. The van der Waals surface area contributed by atoms with Crippen molar-refractivity contribution in [1.82, 2.24) is 15.5 Å². The monoisotopic (exact) mass is 375 g/mol. The fourth-order valence-electron chi connectivity index (χ4n) is 4.12. The van der Waals surface area contributed by atoms with Gasteiger partial charge in [-0.2, -0.15) is 0 Å². The Labute approximate surface area is 160 Å². The zero-order valence-electron chi connectivity index (χ0n) is 15.7. The molecule has 0 aromatic heterocycles. The maximum Gasteiger partial charge on any atom is 0.224 e. The van der Waals surface area contributed by atoms with Gasteiger partial charge in [0.05, 0.1) is 12.0 Å². The Morgan fingerprint density at radius 3 is 2.78 bits per heavy atom. The first-order valence-corrected chi connectivity index (χ1v) is 10.0. The third-order valence-electron chi connectivity index (χ3n) is 5.70. The van der Waals surface area contributed by atoms with Crippen molar-refractivity contribution in [1.29, 1.82) is 0 Å². The summed E-state index contributed by atoms with van der Waals surface area (Å²) in [6.07, 6.45) is 2.41. The molecule has 7 heteroatoms. The van der Waals surface area contributed by atoms with E-state index in [1.807, 2.05) is 18.2 Å². The summed E-state index contributed by atoms with van der Waals surface area (Å²) < 4.78 is 11.2. The van der Waals surface area contributed by atoms with E-state index in [-0.39, 0.29) is 17.9 Å². The van der Waals surface area contributed by atoms with Gasteiger partial charge in [0.25, 0.3) is 0 Å². The van der Waals surface area contributed by atoms with Gasteiger partial charge in [0.15, 0.2) is 11.5 Å². The molecule has 3 atom stereocenters. The van der Waals surface area contributed by atoms with Crippen LogP contribution < -0.4 is 20.1 Å². The highest BCUT2D eigenvalue weighted by Crippen LogP contribution is 2.33. The van der Waals surface area contributed by atoms with E-state index in [0.29, 0.717) is 37.8 Å². The van der Waals surface area contributed by atoms with E-state index in [1.165, 1.54) is 12.8 Å². The Kier molecular flexibility index (Phi) is 5.80. The number of ether oxygens (including phenoxy) is 2. The van der Waals surface area contributed by atoms with Crippen LogP contribution in [0.3, 0.4) is 0 Å². The van der Waals surface area contributed by atoms with Crippen molar-refractivity contribution >= 4 is 5.91 Å². The molecule has 4 rings (SSSR count). The molecular formula is C20H29N3O4. The summed E-state index contributed by atoms with van der Waals surface area (Å²) in [5, 5.41) is 17.4. The number of amides is 1. The molecule has 3 N–H and O–H groups in total. The molecule has 2 fully saturated rings. The standard InChI is InChI=1S/C20H29N3O4/c24-19(14-3-4-17-18(11-14)27-10-9-26-17)16(13-23-7-1-2-8-23)22-20(25)15-5-6-21-12-15/h3-4,11,15-16,19,21,24H,1-2,5-10,12-13H2,(H,22,25)/t15?,16-,19-/m1/s1. The van der Waals surface area contributed by atoms with Crippen molar-refractivity contribution in [2.45, 2.75) is 31.4 Å². The quantitative estimate of drug-likeness (QED) is 0.678. The molecule has 1 unspecified atom stereocenters. The average Bonchev–Trinajstić information content (AvgIpc) is 3.40. The SMILES string of the molecule is O=C(N[C@H](CN1CCCC1)[C@H](O)c1ccc2c(c1)OCCO2)C1CCNC1. The lowest BCUT2D eigenvalue weighted by molar-refractivity contribution is -0.126. The largest absolute Gasteiger partial charge is 0.486 e. The van der Waals surface area contributed by atoms with E-state index < -0.39 is 6.10 Å². The Balaban J connectivity index is 1.50. The minimum Gasteiger partial charge on any atom is -0.486 e. The van der Waals surface area contributed by atoms with Crippen molar-refractivity contribution in [3.63, 3.8) is 0 Å².